The Morgan fingerprint density at radius 1 is 1.05 bits per heavy atom. The number of benzene rings is 1. The van der Waals surface area contributed by atoms with Gasteiger partial charge in [-0.15, -0.1) is 0 Å². The molecule has 4 aliphatic carbocycles. The van der Waals surface area contributed by atoms with E-state index in [4.69, 9.17) is 11.6 Å². The van der Waals surface area contributed by atoms with Crippen molar-refractivity contribution >= 4 is 11.6 Å². The molecule has 0 spiro atoms. The van der Waals surface area contributed by atoms with E-state index in [0.29, 0.717) is 22.4 Å². The molecule has 20 heavy (non-hydrogen) atoms. The molecule has 108 valence electrons. The number of aliphatic hydroxyl groups is 1. The lowest BCUT2D eigenvalue weighted by molar-refractivity contribution is -0.0915. The van der Waals surface area contributed by atoms with Crippen LogP contribution in [0, 0.1) is 35.4 Å². The zero-order valence-electron chi connectivity index (χ0n) is 11.4. The van der Waals surface area contributed by atoms with E-state index in [0.717, 1.165) is 11.8 Å². The van der Waals surface area contributed by atoms with Gasteiger partial charge in [0.25, 0.3) is 0 Å². The molecule has 0 aliphatic heterocycles. The smallest absolute Gasteiger partial charge is 0.130 e. The van der Waals surface area contributed by atoms with Crippen molar-refractivity contribution in [1.82, 2.24) is 0 Å². The van der Waals surface area contributed by atoms with E-state index in [-0.39, 0.29) is 11.7 Å². The Labute approximate surface area is 124 Å². The van der Waals surface area contributed by atoms with Crippen LogP contribution >= 0.6 is 11.6 Å². The molecule has 4 bridgehead atoms. The monoisotopic (exact) mass is 294 g/mol. The average molecular weight is 295 g/mol. The fourth-order valence-corrected chi connectivity index (χ4v) is 5.59. The summed E-state index contributed by atoms with van der Waals surface area (Å²) >= 11 is 5.81. The molecule has 5 rings (SSSR count). The molecule has 4 aliphatic rings. The third-order valence-electron chi connectivity index (χ3n) is 5.95. The third kappa shape index (κ3) is 2.00. The van der Waals surface area contributed by atoms with E-state index in [9.17, 15) is 9.50 Å². The van der Waals surface area contributed by atoms with Crippen LogP contribution in [-0.2, 0) is 0 Å². The average Bonchev–Trinajstić information content (AvgIpc) is 2.37. The number of halogens is 2. The molecule has 4 fully saturated rings. The predicted octanol–water partition coefficient (Wildman–Crippen LogP) is 4.58. The molecule has 0 saturated heterocycles. The van der Waals surface area contributed by atoms with Crippen LogP contribution in [0.15, 0.2) is 18.2 Å². The maximum atomic E-state index is 14.1. The van der Waals surface area contributed by atoms with E-state index in [1.54, 1.807) is 12.1 Å². The highest BCUT2D eigenvalue weighted by Gasteiger charge is 2.50. The van der Waals surface area contributed by atoms with Crippen LogP contribution in [0.2, 0.25) is 5.02 Å². The van der Waals surface area contributed by atoms with E-state index >= 15 is 0 Å². The first-order chi connectivity index (χ1) is 9.61. The summed E-state index contributed by atoms with van der Waals surface area (Å²) in [6.45, 7) is 0. The number of hydrogen-bond donors (Lipinski definition) is 1. The van der Waals surface area contributed by atoms with Gasteiger partial charge in [-0.2, -0.15) is 0 Å². The fraction of sp³-hybridized carbons (Fsp3) is 0.647. The zero-order valence-corrected chi connectivity index (χ0v) is 12.2. The maximum Gasteiger partial charge on any atom is 0.130 e. The Balaban J connectivity index is 1.63. The van der Waals surface area contributed by atoms with Gasteiger partial charge in [0.05, 0.1) is 6.10 Å². The van der Waals surface area contributed by atoms with Gasteiger partial charge < -0.3 is 5.11 Å². The summed E-state index contributed by atoms with van der Waals surface area (Å²) in [5, 5.41) is 11.1. The van der Waals surface area contributed by atoms with Crippen LogP contribution in [0.25, 0.3) is 0 Å². The molecule has 1 nitrogen and oxygen atoms in total. The molecular weight excluding hydrogens is 275 g/mol. The molecule has 0 radical (unpaired) electrons. The van der Waals surface area contributed by atoms with Gasteiger partial charge in [-0.1, -0.05) is 17.7 Å². The van der Waals surface area contributed by atoms with E-state index < -0.39 is 6.10 Å². The number of aliphatic hydroxyl groups excluding tert-OH is 1. The molecule has 1 aromatic rings. The van der Waals surface area contributed by atoms with Crippen LogP contribution < -0.4 is 0 Å². The van der Waals surface area contributed by atoms with Gasteiger partial charge in [0.2, 0.25) is 0 Å². The van der Waals surface area contributed by atoms with Crippen molar-refractivity contribution in [2.24, 2.45) is 29.6 Å². The summed E-state index contributed by atoms with van der Waals surface area (Å²) < 4.78 is 14.1. The van der Waals surface area contributed by atoms with Gasteiger partial charge in [-0.05, 0) is 73.8 Å². The Kier molecular flexibility index (Phi) is 3.08. The summed E-state index contributed by atoms with van der Waals surface area (Å²) in [6.07, 6.45) is 5.69. The minimum Gasteiger partial charge on any atom is -0.388 e. The fourth-order valence-electron chi connectivity index (χ4n) is 5.43. The van der Waals surface area contributed by atoms with Crippen molar-refractivity contribution in [1.29, 1.82) is 0 Å². The second kappa shape index (κ2) is 4.71. The van der Waals surface area contributed by atoms with Crippen molar-refractivity contribution < 1.29 is 9.50 Å². The molecular formula is C17H20ClFO. The SMILES string of the molecule is OC(c1ccc(Cl)cc1F)C1C2CC3CC(C2)CC1C3. The van der Waals surface area contributed by atoms with E-state index in [1.165, 1.54) is 38.2 Å². The van der Waals surface area contributed by atoms with Gasteiger partial charge in [-0.3, -0.25) is 0 Å². The topological polar surface area (TPSA) is 20.2 Å². The van der Waals surface area contributed by atoms with Crippen molar-refractivity contribution in [3.8, 4) is 0 Å². The van der Waals surface area contributed by atoms with Crippen LogP contribution in [0.3, 0.4) is 0 Å². The highest BCUT2D eigenvalue weighted by atomic mass is 35.5. The van der Waals surface area contributed by atoms with Gasteiger partial charge in [0, 0.05) is 10.6 Å². The summed E-state index contributed by atoms with van der Waals surface area (Å²) in [4.78, 5) is 0. The van der Waals surface area contributed by atoms with E-state index in [1.807, 2.05) is 0 Å². The van der Waals surface area contributed by atoms with Gasteiger partial charge in [-0.25, -0.2) is 4.39 Å². The Bertz CT molecular complexity index is 502. The lowest BCUT2D eigenvalue weighted by Gasteiger charge is -2.55. The summed E-state index contributed by atoms with van der Waals surface area (Å²) in [5.74, 6) is 2.82. The first-order valence-corrected chi connectivity index (χ1v) is 8.12. The molecule has 1 unspecified atom stereocenters. The Hall–Kier alpha value is -0.600. The lowest BCUT2D eigenvalue weighted by atomic mass is 9.50. The molecule has 4 saturated carbocycles. The minimum absolute atomic E-state index is 0.249. The predicted molar refractivity (Wildman–Crippen MR) is 76.9 cm³/mol. The van der Waals surface area contributed by atoms with Crippen molar-refractivity contribution in [3.63, 3.8) is 0 Å². The van der Waals surface area contributed by atoms with Gasteiger partial charge in [0.15, 0.2) is 0 Å². The van der Waals surface area contributed by atoms with Crippen molar-refractivity contribution in [3.05, 3.63) is 34.6 Å². The molecule has 1 aromatic carbocycles. The second-order valence-corrected chi connectivity index (χ2v) is 7.56. The largest absolute Gasteiger partial charge is 0.388 e. The highest BCUT2D eigenvalue weighted by molar-refractivity contribution is 6.30. The van der Waals surface area contributed by atoms with Crippen LogP contribution in [-0.4, -0.2) is 5.11 Å². The number of rotatable bonds is 2. The van der Waals surface area contributed by atoms with Crippen molar-refractivity contribution in [2.75, 3.05) is 0 Å². The van der Waals surface area contributed by atoms with Crippen LogP contribution in [0.5, 0.6) is 0 Å². The Morgan fingerprint density at radius 3 is 2.20 bits per heavy atom. The second-order valence-electron chi connectivity index (χ2n) is 7.12. The lowest BCUT2D eigenvalue weighted by Crippen LogP contribution is -2.47. The maximum absolute atomic E-state index is 14.1. The molecule has 0 heterocycles. The summed E-state index contributed by atoms with van der Waals surface area (Å²) in [7, 11) is 0. The van der Waals surface area contributed by atoms with Gasteiger partial charge in [0.1, 0.15) is 5.82 Å². The highest BCUT2D eigenvalue weighted by Crippen LogP contribution is 2.59. The molecule has 0 amide bonds. The summed E-state index contributed by atoms with van der Waals surface area (Å²) in [6, 6.07) is 4.66. The molecule has 0 aromatic heterocycles. The molecule has 3 heteroatoms. The van der Waals surface area contributed by atoms with Crippen LogP contribution in [0.1, 0.15) is 43.8 Å². The quantitative estimate of drug-likeness (QED) is 0.846. The summed E-state index contributed by atoms with van der Waals surface area (Å²) in [5.41, 5.74) is 0.437. The molecule has 1 atom stereocenters. The van der Waals surface area contributed by atoms with Crippen molar-refractivity contribution in [2.45, 2.75) is 38.2 Å². The first kappa shape index (κ1) is 13.1. The number of hydrogen-bond acceptors (Lipinski definition) is 1. The van der Waals surface area contributed by atoms with Gasteiger partial charge >= 0.3 is 0 Å². The standard InChI is InChI=1S/C17H20ClFO/c18-13-1-2-14(15(19)8-13)17(20)16-11-4-9-3-10(6-11)7-12(16)5-9/h1-2,8-12,16-17,20H,3-7H2. The first-order valence-electron chi connectivity index (χ1n) is 7.75. The third-order valence-corrected chi connectivity index (χ3v) is 6.18. The zero-order chi connectivity index (χ0) is 13.9. The minimum atomic E-state index is -0.665. The molecule has 1 N–H and O–H groups in total. The Morgan fingerprint density at radius 2 is 1.65 bits per heavy atom. The normalized spacial score (nSPS) is 40.0. The van der Waals surface area contributed by atoms with Crippen LogP contribution in [0.4, 0.5) is 4.39 Å². The van der Waals surface area contributed by atoms with E-state index in [2.05, 4.69) is 0 Å².